The number of hydrogen-bond acceptors (Lipinski definition) is 9. The van der Waals surface area contributed by atoms with E-state index in [2.05, 4.69) is 82.4 Å². The maximum atomic E-state index is 13.4. The zero-order valence-corrected chi connectivity index (χ0v) is 28.5. The Morgan fingerprint density at radius 1 is 0.878 bits per heavy atom. The predicted molar refractivity (Wildman–Crippen MR) is 191 cm³/mol. The minimum Gasteiger partial charge on any atom is -0.475 e. The van der Waals surface area contributed by atoms with E-state index in [1.54, 1.807) is 11.0 Å². The second-order valence-corrected chi connectivity index (χ2v) is 14.1. The number of H-pyrrole nitrogens is 1. The maximum absolute atomic E-state index is 13.4. The summed E-state index contributed by atoms with van der Waals surface area (Å²) in [6.07, 6.45) is 5.90. The number of benzene rings is 2. The molecule has 0 aliphatic carbocycles. The molecule has 0 saturated carbocycles. The standard InChI is InChI=1S/C37H44N10O2/c1-26(2)49-33-11-6-28(21-38-33)35-31-20-30(9-10-32(31)40-41-35)47-15-13-37(24-47)12-14-44(23-37)22-34(48)46-18-16-45(17-19-46)29-7-4-27(5-8-29)36-39-25-43(3)42-36/h4-11,20-21,25-26H,12-19,22-24H2,1-3H3,(H,40,41). The van der Waals surface area contributed by atoms with E-state index in [9.17, 15) is 4.79 Å². The highest BCUT2D eigenvalue weighted by Crippen LogP contribution is 2.42. The Morgan fingerprint density at radius 3 is 2.39 bits per heavy atom. The molecule has 8 rings (SSSR count). The fourth-order valence-corrected chi connectivity index (χ4v) is 7.70. The number of likely N-dealkylation sites (tertiary alicyclic amines) is 1. The summed E-state index contributed by atoms with van der Waals surface area (Å²) in [5, 5.41) is 13.3. The quantitative estimate of drug-likeness (QED) is 0.258. The van der Waals surface area contributed by atoms with E-state index in [1.807, 2.05) is 44.1 Å². The van der Waals surface area contributed by atoms with Crippen LogP contribution in [0.1, 0.15) is 26.7 Å². The van der Waals surface area contributed by atoms with Crippen LogP contribution >= 0.6 is 0 Å². The molecule has 1 N–H and O–H groups in total. The number of carbonyl (C=O) groups is 1. The Balaban J connectivity index is 0.849. The van der Waals surface area contributed by atoms with Gasteiger partial charge in [0.05, 0.1) is 18.2 Å². The molecule has 5 aromatic rings. The molecule has 3 fully saturated rings. The Morgan fingerprint density at radius 2 is 1.65 bits per heavy atom. The Kier molecular flexibility index (Phi) is 8.18. The number of pyridine rings is 1. The summed E-state index contributed by atoms with van der Waals surface area (Å²) >= 11 is 0. The summed E-state index contributed by atoms with van der Waals surface area (Å²) < 4.78 is 7.44. The van der Waals surface area contributed by atoms with Gasteiger partial charge in [-0.2, -0.15) is 10.2 Å². The van der Waals surface area contributed by atoms with Crippen LogP contribution in [-0.4, -0.2) is 111 Å². The molecule has 12 nitrogen and oxygen atoms in total. The fourth-order valence-electron chi connectivity index (χ4n) is 7.70. The number of aromatic amines is 1. The van der Waals surface area contributed by atoms with Crippen molar-refractivity contribution in [3.8, 4) is 28.5 Å². The van der Waals surface area contributed by atoms with Crippen molar-refractivity contribution in [3.63, 3.8) is 0 Å². The van der Waals surface area contributed by atoms with E-state index < -0.39 is 0 Å². The number of ether oxygens (including phenoxy) is 1. The molecule has 0 radical (unpaired) electrons. The Bertz CT molecular complexity index is 1930. The first-order chi connectivity index (χ1) is 23.8. The van der Waals surface area contributed by atoms with Crippen molar-refractivity contribution in [2.45, 2.75) is 32.8 Å². The largest absolute Gasteiger partial charge is 0.475 e. The highest BCUT2D eigenvalue weighted by molar-refractivity contribution is 5.95. The monoisotopic (exact) mass is 660 g/mol. The van der Waals surface area contributed by atoms with Crippen molar-refractivity contribution in [3.05, 3.63) is 67.1 Å². The van der Waals surface area contributed by atoms with Crippen molar-refractivity contribution in [1.82, 2.24) is 39.7 Å². The lowest BCUT2D eigenvalue weighted by atomic mass is 9.86. The third-order valence-electron chi connectivity index (χ3n) is 10.3. The molecule has 3 aliphatic heterocycles. The van der Waals surface area contributed by atoms with Crippen LogP contribution in [0.3, 0.4) is 0 Å². The smallest absolute Gasteiger partial charge is 0.236 e. The molecular formula is C37H44N10O2. The molecule has 1 atom stereocenters. The summed E-state index contributed by atoms with van der Waals surface area (Å²) in [5.41, 5.74) is 6.49. The van der Waals surface area contributed by atoms with Gasteiger partial charge in [-0.15, -0.1) is 0 Å². The summed E-state index contributed by atoms with van der Waals surface area (Å²) in [4.78, 5) is 31.6. The molecule has 254 valence electrons. The molecule has 6 heterocycles. The first kappa shape index (κ1) is 31.3. The average molecular weight is 661 g/mol. The first-order valence-electron chi connectivity index (χ1n) is 17.4. The second-order valence-electron chi connectivity index (χ2n) is 14.1. The van der Waals surface area contributed by atoms with Gasteiger partial charge < -0.3 is 19.4 Å². The number of carbonyl (C=O) groups excluding carboxylic acids is 1. The van der Waals surface area contributed by atoms with Crippen LogP contribution in [0.4, 0.5) is 11.4 Å². The lowest BCUT2D eigenvalue weighted by Gasteiger charge is -2.37. The number of nitrogens with one attached hydrogen (secondary N) is 1. The summed E-state index contributed by atoms with van der Waals surface area (Å²) in [6, 6.07) is 18.9. The fraction of sp³-hybridized carbons (Fsp3) is 0.432. The number of piperazine rings is 1. The zero-order chi connectivity index (χ0) is 33.5. The maximum Gasteiger partial charge on any atom is 0.236 e. The van der Waals surface area contributed by atoms with Gasteiger partial charge in [0, 0.05) is 98.4 Å². The van der Waals surface area contributed by atoms with E-state index in [1.165, 1.54) is 11.4 Å². The van der Waals surface area contributed by atoms with Crippen molar-refractivity contribution in [2.75, 3.05) is 68.7 Å². The number of aryl methyl sites for hydroxylation is 1. The topological polar surface area (TPSA) is 112 Å². The van der Waals surface area contributed by atoms with Crippen molar-refractivity contribution >= 4 is 28.2 Å². The molecule has 49 heavy (non-hydrogen) atoms. The normalized spacial score (nSPS) is 20.0. The first-order valence-corrected chi connectivity index (χ1v) is 17.4. The number of rotatable bonds is 8. The molecule has 1 spiro atoms. The number of fused-ring (bicyclic) bond motifs is 1. The number of anilines is 2. The van der Waals surface area contributed by atoms with Gasteiger partial charge in [-0.25, -0.2) is 9.97 Å². The van der Waals surface area contributed by atoms with Gasteiger partial charge in [0.15, 0.2) is 5.82 Å². The van der Waals surface area contributed by atoms with Crippen LogP contribution in [0.2, 0.25) is 0 Å². The molecule has 1 unspecified atom stereocenters. The third kappa shape index (κ3) is 6.44. The molecule has 12 heteroatoms. The molecular weight excluding hydrogens is 616 g/mol. The minimum atomic E-state index is 0.0806. The van der Waals surface area contributed by atoms with Crippen LogP contribution < -0.4 is 14.5 Å². The van der Waals surface area contributed by atoms with Crippen LogP contribution in [0.15, 0.2) is 67.1 Å². The summed E-state index contributed by atoms with van der Waals surface area (Å²) in [7, 11) is 1.87. The number of aromatic nitrogens is 6. The van der Waals surface area contributed by atoms with E-state index in [-0.39, 0.29) is 17.4 Å². The van der Waals surface area contributed by atoms with E-state index in [0.29, 0.717) is 12.4 Å². The summed E-state index contributed by atoms with van der Waals surface area (Å²) in [6.45, 7) is 11.7. The van der Waals surface area contributed by atoms with Gasteiger partial charge in [-0.1, -0.05) is 0 Å². The minimum absolute atomic E-state index is 0.0806. The highest BCUT2D eigenvalue weighted by atomic mass is 16.5. The van der Waals surface area contributed by atoms with Crippen molar-refractivity contribution < 1.29 is 9.53 Å². The molecule has 1 amide bonds. The van der Waals surface area contributed by atoms with E-state index >= 15 is 0 Å². The summed E-state index contributed by atoms with van der Waals surface area (Å²) in [5.74, 6) is 1.60. The number of amides is 1. The Labute approximate surface area is 286 Å². The van der Waals surface area contributed by atoms with Crippen molar-refractivity contribution in [2.24, 2.45) is 12.5 Å². The highest BCUT2D eigenvalue weighted by Gasteiger charge is 2.44. The molecule has 3 aliphatic rings. The van der Waals surface area contributed by atoms with E-state index in [4.69, 9.17) is 4.74 Å². The SMILES string of the molecule is CC(C)Oc1ccc(-c2n[nH]c3ccc(N4CCC5(CCN(CC(=O)N6CCN(c7ccc(-c8ncn(C)n8)cc7)CC6)C5)C4)cc23)cn1. The number of hydrogen-bond donors (Lipinski definition) is 1. The van der Waals surface area contributed by atoms with Gasteiger partial charge in [-0.05, 0) is 81.8 Å². The molecule has 3 saturated heterocycles. The second kappa shape index (κ2) is 12.8. The van der Waals surface area contributed by atoms with Gasteiger partial charge in [-0.3, -0.25) is 19.5 Å². The van der Waals surface area contributed by atoms with Crippen LogP contribution in [0.5, 0.6) is 5.88 Å². The lowest BCUT2D eigenvalue weighted by molar-refractivity contribution is -0.132. The molecule has 0 bridgehead atoms. The Hall–Kier alpha value is -4.97. The lowest BCUT2D eigenvalue weighted by Crippen LogP contribution is -2.51. The van der Waals surface area contributed by atoms with Crippen LogP contribution in [0.25, 0.3) is 33.5 Å². The van der Waals surface area contributed by atoms with E-state index in [0.717, 1.165) is 98.7 Å². The van der Waals surface area contributed by atoms with Gasteiger partial charge in [0.2, 0.25) is 11.8 Å². The molecule has 3 aromatic heterocycles. The van der Waals surface area contributed by atoms with Gasteiger partial charge >= 0.3 is 0 Å². The zero-order valence-electron chi connectivity index (χ0n) is 28.5. The van der Waals surface area contributed by atoms with Crippen molar-refractivity contribution in [1.29, 1.82) is 0 Å². The molecule has 2 aromatic carbocycles. The number of nitrogens with zero attached hydrogens (tertiary/aromatic N) is 9. The average Bonchev–Trinajstić information content (AvgIpc) is 3.92. The third-order valence-corrected chi connectivity index (χ3v) is 10.3. The van der Waals surface area contributed by atoms with Gasteiger partial charge in [0.25, 0.3) is 0 Å². The predicted octanol–water partition coefficient (Wildman–Crippen LogP) is 4.46. The van der Waals surface area contributed by atoms with Gasteiger partial charge in [0.1, 0.15) is 12.0 Å². The van der Waals surface area contributed by atoms with Crippen LogP contribution in [-0.2, 0) is 11.8 Å². The van der Waals surface area contributed by atoms with Crippen LogP contribution in [0, 0.1) is 5.41 Å².